The maximum Gasteiger partial charge on any atom is 0.351 e. The third kappa shape index (κ3) is 3.63. The van der Waals surface area contributed by atoms with Crippen molar-refractivity contribution in [1.29, 1.82) is 0 Å². The van der Waals surface area contributed by atoms with Gasteiger partial charge in [0, 0.05) is 0 Å². The molecular weight excluding hydrogens is 391 g/mol. The van der Waals surface area contributed by atoms with E-state index >= 15 is 0 Å². The molecule has 152 valence electrons. The first kappa shape index (κ1) is 19.3. The Balaban J connectivity index is 1.52. The van der Waals surface area contributed by atoms with E-state index in [2.05, 4.69) is 16.3 Å². The van der Waals surface area contributed by atoms with Gasteiger partial charge in [0.15, 0.2) is 11.5 Å². The zero-order valence-corrected chi connectivity index (χ0v) is 16.0. The molecule has 1 N–H and O–H groups in total. The number of benzene rings is 2. The summed E-state index contributed by atoms with van der Waals surface area (Å²) in [7, 11) is 0. The fourth-order valence-electron chi connectivity index (χ4n) is 3.09. The largest absolute Gasteiger partial charge is 0.454 e. The first-order valence-electron chi connectivity index (χ1n) is 9.03. The molecule has 8 nitrogen and oxygen atoms in total. The topological polar surface area (TPSA) is 87.4 Å². The molecular formula is C21H17FN4O4. The normalized spacial score (nSPS) is 13.0. The number of terminal acetylenes is 1. The van der Waals surface area contributed by atoms with Crippen LogP contribution in [-0.2, 0) is 11.3 Å². The highest BCUT2D eigenvalue weighted by atomic mass is 19.1. The van der Waals surface area contributed by atoms with Crippen molar-refractivity contribution in [2.45, 2.75) is 19.5 Å². The molecule has 0 unspecified atom stereocenters. The molecule has 0 bridgehead atoms. The summed E-state index contributed by atoms with van der Waals surface area (Å²) in [6.07, 6.45) is 5.59. The van der Waals surface area contributed by atoms with Crippen LogP contribution in [-0.4, -0.2) is 27.0 Å². The number of halogens is 1. The monoisotopic (exact) mass is 408 g/mol. The average molecular weight is 408 g/mol. The molecule has 1 aliphatic rings. The lowest BCUT2D eigenvalue weighted by molar-refractivity contribution is -0.122. The number of hydrogen-bond acceptors (Lipinski definition) is 5. The Morgan fingerprint density at radius 1 is 1.27 bits per heavy atom. The van der Waals surface area contributed by atoms with Crippen molar-refractivity contribution in [1.82, 2.24) is 19.7 Å². The quantitative estimate of drug-likeness (QED) is 0.650. The number of carbonyl (C=O) groups is 1. The molecule has 1 amide bonds. The summed E-state index contributed by atoms with van der Waals surface area (Å²) in [5, 5.41) is 6.87. The number of aryl methyl sites for hydroxylation is 1. The Kier molecular flexibility index (Phi) is 4.98. The first-order valence-corrected chi connectivity index (χ1v) is 9.03. The zero-order chi connectivity index (χ0) is 21.3. The number of ether oxygens (including phenoxy) is 2. The number of nitrogens with one attached hydrogen (secondary N) is 1. The molecule has 1 aliphatic heterocycles. The van der Waals surface area contributed by atoms with Crippen molar-refractivity contribution in [3.05, 3.63) is 70.2 Å². The summed E-state index contributed by atoms with van der Waals surface area (Å²) in [5.74, 6) is 3.13. The lowest BCUT2D eigenvalue weighted by Gasteiger charge is -2.14. The summed E-state index contributed by atoms with van der Waals surface area (Å²) >= 11 is 0. The second kappa shape index (κ2) is 7.75. The third-order valence-electron chi connectivity index (χ3n) is 4.62. The number of nitrogens with zero attached hydrogens (tertiary/aromatic N) is 3. The molecule has 4 rings (SSSR count). The lowest BCUT2D eigenvalue weighted by Crippen LogP contribution is -2.35. The summed E-state index contributed by atoms with van der Waals surface area (Å²) in [5.41, 5.74) is 0.529. The highest BCUT2D eigenvalue weighted by molar-refractivity contribution is 5.77. The highest BCUT2D eigenvalue weighted by Gasteiger charge is 2.20. The van der Waals surface area contributed by atoms with E-state index in [4.69, 9.17) is 15.9 Å². The van der Waals surface area contributed by atoms with Gasteiger partial charge in [-0.25, -0.2) is 9.18 Å². The zero-order valence-electron chi connectivity index (χ0n) is 16.0. The van der Waals surface area contributed by atoms with E-state index in [1.54, 1.807) is 25.1 Å². The van der Waals surface area contributed by atoms with Crippen LogP contribution in [0.25, 0.3) is 5.69 Å². The van der Waals surface area contributed by atoms with Crippen LogP contribution in [0.4, 0.5) is 4.39 Å². The molecule has 1 aromatic heterocycles. The van der Waals surface area contributed by atoms with Crippen LogP contribution in [0, 0.1) is 25.1 Å². The van der Waals surface area contributed by atoms with Gasteiger partial charge in [0.1, 0.15) is 24.2 Å². The Bertz CT molecular complexity index is 1210. The number of hydrogen-bond donors (Lipinski definition) is 1. The highest BCUT2D eigenvalue weighted by Crippen LogP contribution is 2.34. The second-order valence-electron chi connectivity index (χ2n) is 6.58. The van der Waals surface area contributed by atoms with E-state index < -0.39 is 23.5 Å². The number of rotatable bonds is 5. The molecule has 1 atom stereocenters. The van der Waals surface area contributed by atoms with Gasteiger partial charge in [-0.1, -0.05) is 12.0 Å². The minimum atomic E-state index is -0.713. The predicted octanol–water partition coefficient (Wildman–Crippen LogP) is 1.70. The van der Waals surface area contributed by atoms with Gasteiger partial charge in [-0.3, -0.25) is 9.36 Å². The number of carbonyl (C=O) groups excluding carboxylic acids is 1. The van der Waals surface area contributed by atoms with Crippen molar-refractivity contribution >= 4 is 5.91 Å². The number of fused-ring (bicyclic) bond motifs is 1. The van der Waals surface area contributed by atoms with E-state index in [9.17, 15) is 14.0 Å². The summed E-state index contributed by atoms with van der Waals surface area (Å²) in [6.45, 7) is 1.46. The van der Waals surface area contributed by atoms with Crippen molar-refractivity contribution in [2.24, 2.45) is 0 Å². The lowest BCUT2D eigenvalue weighted by atomic mass is 10.1. The van der Waals surface area contributed by atoms with E-state index in [1.807, 2.05) is 0 Å². The average Bonchev–Trinajstić information content (AvgIpc) is 3.32. The predicted molar refractivity (Wildman–Crippen MR) is 105 cm³/mol. The van der Waals surface area contributed by atoms with Crippen molar-refractivity contribution in [3.8, 4) is 29.5 Å². The molecule has 30 heavy (non-hydrogen) atoms. The summed E-state index contributed by atoms with van der Waals surface area (Å²) < 4.78 is 26.1. The van der Waals surface area contributed by atoms with E-state index in [0.717, 1.165) is 4.68 Å². The Morgan fingerprint density at radius 2 is 2.00 bits per heavy atom. The SMILES string of the molecule is C#C[C@H](NC(=O)Cn1c(C)nn(-c2ccc(F)cc2)c1=O)c1ccc2c(c1)OCO2. The molecule has 9 heteroatoms. The van der Waals surface area contributed by atoms with Crippen LogP contribution >= 0.6 is 0 Å². The van der Waals surface area contributed by atoms with Crippen LogP contribution in [0.3, 0.4) is 0 Å². The van der Waals surface area contributed by atoms with Gasteiger partial charge in [0.25, 0.3) is 0 Å². The van der Waals surface area contributed by atoms with Crippen LogP contribution in [0.5, 0.6) is 11.5 Å². The molecule has 0 fully saturated rings. The smallest absolute Gasteiger partial charge is 0.351 e. The van der Waals surface area contributed by atoms with Crippen LogP contribution in [0.15, 0.2) is 47.3 Å². The van der Waals surface area contributed by atoms with Gasteiger partial charge < -0.3 is 14.8 Å². The molecule has 0 saturated carbocycles. The number of aromatic nitrogens is 3. The van der Waals surface area contributed by atoms with Gasteiger partial charge in [-0.2, -0.15) is 9.78 Å². The van der Waals surface area contributed by atoms with E-state index in [-0.39, 0.29) is 13.3 Å². The van der Waals surface area contributed by atoms with Gasteiger partial charge in [0.05, 0.1) is 5.69 Å². The Morgan fingerprint density at radius 3 is 2.73 bits per heavy atom. The van der Waals surface area contributed by atoms with Gasteiger partial charge in [0.2, 0.25) is 12.7 Å². The second-order valence-corrected chi connectivity index (χ2v) is 6.58. The molecule has 0 saturated heterocycles. The fourth-order valence-corrected chi connectivity index (χ4v) is 3.09. The van der Waals surface area contributed by atoms with Crippen molar-refractivity contribution in [2.75, 3.05) is 6.79 Å². The molecule has 3 aromatic rings. The standard InChI is InChI=1S/C21H17FN4O4/c1-3-17(14-4-9-18-19(10-14)30-12-29-18)23-20(27)11-25-13(2)24-26(21(25)28)16-7-5-15(22)6-8-16/h1,4-10,17H,11-12H2,2H3,(H,23,27)/t17-/m0/s1. The molecule has 2 aromatic carbocycles. The van der Waals surface area contributed by atoms with Gasteiger partial charge >= 0.3 is 5.69 Å². The van der Waals surface area contributed by atoms with Gasteiger partial charge in [-0.05, 0) is 48.9 Å². The van der Waals surface area contributed by atoms with E-state index in [0.29, 0.717) is 28.6 Å². The first-order chi connectivity index (χ1) is 14.5. The fraction of sp³-hybridized carbons (Fsp3) is 0.190. The molecule has 0 radical (unpaired) electrons. The Labute approximate surface area is 170 Å². The Hall–Kier alpha value is -4.06. The summed E-state index contributed by atoms with van der Waals surface area (Å²) in [4.78, 5) is 25.3. The van der Waals surface area contributed by atoms with Crippen LogP contribution in [0.2, 0.25) is 0 Å². The maximum atomic E-state index is 13.1. The van der Waals surface area contributed by atoms with Crippen molar-refractivity contribution in [3.63, 3.8) is 0 Å². The van der Waals surface area contributed by atoms with Crippen LogP contribution < -0.4 is 20.5 Å². The molecule has 0 spiro atoms. The van der Waals surface area contributed by atoms with Crippen LogP contribution in [0.1, 0.15) is 17.4 Å². The number of amides is 1. The van der Waals surface area contributed by atoms with Gasteiger partial charge in [-0.15, -0.1) is 6.42 Å². The summed E-state index contributed by atoms with van der Waals surface area (Å²) in [6, 6.07) is 9.77. The minimum Gasteiger partial charge on any atom is -0.454 e. The maximum absolute atomic E-state index is 13.1. The molecule has 0 aliphatic carbocycles. The third-order valence-corrected chi connectivity index (χ3v) is 4.62. The van der Waals surface area contributed by atoms with E-state index in [1.165, 1.54) is 28.8 Å². The molecule has 2 heterocycles. The minimum absolute atomic E-state index is 0.131. The van der Waals surface area contributed by atoms with Crippen molar-refractivity contribution < 1.29 is 18.7 Å².